The molecule has 0 saturated carbocycles. The smallest absolute Gasteiger partial charge is 0.337 e. The van der Waals surface area contributed by atoms with E-state index in [1.165, 1.54) is 48.5 Å². The zero-order chi connectivity index (χ0) is 17.0. The lowest BCUT2D eigenvalue weighted by Crippen LogP contribution is -2.52. The predicted molar refractivity (Wildman–Crippen MR) is 79.2 cm³/mol. The first kappa shape index (κ1) is 16.1. The molecule has 23 heavy (non-hydrogen) atoms. The van der Waals surface area contributed by atoms with Crippen molar-refractivity contribution < 1.29 is 29.4 Å². The summed E-state index contributed by atoms with van der Waals surface area (Å²) in [5, 5.41) is 18.9. The summed E-state index contributed by atoms with van der Waals surface area (Å²) in [5.41, 5.74) is -3.55. The molecular formula is C17H12O6. The maximum atomic E-state index is 12.6. The van der Waals surface area contributed by atoms with Crippen LogP contribution in [0.3, 0.4) is 0 Å². The Hall–Kier alpha value is -3.28. The number of carbonyl (C=O) groups is 4. The van der Waals surface area contributed by atoms with Gasteiger partial charge in [-0.1, -0.05) is 60.7 Å². The van der Waals surface area contributed by atoms with Crippen LogP contribution in [0, 0.1) is 5.41 Å². The molecule has 0 atom stereocenters. The number of benzene rings is 2. The second kappa shape index (κ2) is 6.23. The highest BCUT2D eigenvalue weighted by Gasteiger charge is 2.60. The van der Waals surface area contributed by atoms with Crippen molar-refractivity contribution in [2.45, 2.75) is 0 Å². The third kappa shape index (κ3) is 2.62. The molecule has 2 rings (SSSR count). The van der Waals surface area contributed by atoms with Crippen LogP contribution in [0.2, 0.25) is 0 Å². The van der Waals surface area contributed by atoms with Crippen LogP contribution < -0.4 is 0 Å². The molecule has 6 heteroatoms. The van der Waals surface area contributed by atoms with E-state index in [0.29, 0.717) is 0 Å². The summed E-state index contributed by atoms with van der Waals surface area (Å²) in [6, 6.07) is 14.0. The molecule has 2 N–H and O–H groups in total. The second-order valence-corrected chi connectivity index (χ2v) is 4.75. The van der Waals surface area contributed by atoms with E-state index in [9.17, 15) is 29.4 Å². The number of carboxylic acids is 2. The van der Waals surface area contributed by atoms with Gasteiger partial charge in [0.1, 0.15) is 0 Å². The Bertz CT molecular complexity index is 697. The molecule has 0 radical (unpaired) electrons. The van der Waals surface area contributed by atoms with Gasteiger partial charge in [-0.05, 0) is 0 Å². The zero-order valence-electron chi connectivity index (χ0n) is 11.8. The summed E-state index contributed by atoms with van der Waals surface area (Å²) in [6.45, 7) is 0. The molecule has 0 aliphatic carbocycles. The maximum Gasteiger partial charge on any atom is 0.337 e. The molecule has 0 fully saturated rings. The molecule has 0 spiro atoms. The Balaban J connectivity index is 2.67. The number of carbonyl (C=O) groups excluding carboxylic acids is 2. The van der Waals surface area contributed by atoms with Crippen molar-refractivity contribution in [3.63, 3.8) is 0 Å². The molecular weight excluding hydrogens is 300 g/mol. The molecule has 0 saturated heterocycles. The van der Waals surface area contributed by atoms with Crippen molar-refractivity contribution in [3.05, 3.63) is 71.8 Å². The summed E-state index contributed by atoms with van der Waals surface area (Å²) in [6.07, 6.45) is 0. The SMILES string of the molecule is O=C(O)C(C(=O)O)(C(=O)c1ccccc1)C(=O)c1ccccc1. The van der Waals surface area contributed by atoms with Crippen molar-refractivity contribution in [2.75, 3.05) is 0 Å². The quantitative estimate of drug-likeness (QED) is 0.623. The zero-order valence-corrected chi connectivity index (χ0v) is 11.8. The highest BCUT2D eigenvalue weighted by atomic mass is 16.4. The minimum absolute atomic E-state index is 0.165. The molecule has 0 amide bonds. The van der Waals surface area contributed by atoms with Crippen LogP contribution in [0.4, 0.5) is 0 Å². The van der Waals surface area contributed by atoms with Gasteiger partial charge in [-0.3, -0.25) is 9.59 Å². The minimum atomic E-state index is -3.22. The molecule has 0 unspecified atom stereocenters. The lowest BCUT2D eigenvalue weighted by Gasteiger charge is -2.22. The number of aliphatic carboxylic acids is 2. The molecule has 0 heterocycles. The maximum absolute atomic E-state index is 12.6. The number of Topliss-reactive ketones (excluding diaryl/α,β-unsaturated/α-hetero) is 2. The lowest BCUT2D eigenvalue weighted by molar-refractivity contribution is -0.156. The summed E-state index contributed by atoms with van der Waals surface area (Å²) in [4.78, 5) is 48.5. The molecule has 0 aliphatic rings. The van der Waals surface area contributed by atoms with Crippen molar-refractivity contribution in [3.8, 4) is 0 Å². The van der Waals surface area contributed by atoms with Crippen LogP contribution in [0.1, 0.15) is 20.7 Å². The first-order valence-electron chi connectivity index (χ1n) is 6.59. The number of rotatable bonds is 6. The third-order valence-electron chi connectivity index (χ3n) is 3.39. The molecule has 2 aromatic carbocycles. The number of hydrogen-bond donors (Lipinski definition) is 2. The van der Waals surface area contributed by atoms with Gasteiger partial charge in [-0.15, -0.1) is 0 Å². The van der Waals surface area contributed by atoms with Crippen LogP contribution in [0.15, 0.2) is 60.7 Å². The number of carboxylic acid groups (broad SMARTS) is 2. The van der Waals surface area contributed by atoms with Gasteiger partial charge < -0.3 is 10.2 Å². The first-order chi connectivity index (χ1) is 10.9. The van der Waals surface area contributed by atoms with E-state index in [0.717, 1.165) is 0 Å². The average molecular weight is 312 g/mol. The fourth-order valence-corrected chi connectivity index (χ4v) is 2.20. The van der Waals surface area contributed by atoms with Gasteiger partial charge >= 0.3 is 11.9 Å². The van der Waals surface area contributed by atoms with E-state index >= 15 is 0 Å². The van der Waals surface area contributed by atoms with Gasteiger partial charge in [-0.2, -0.15) is 0 Å². The van der Waals surface area contributed by atoms with Crippen LogP contribution in [0.5, 0.6) is 0 Å². The van der Waals surface area contributed by atoms with E-state index in [2.05, 4.69) is 0 Å². The van der Waals surface area contributed by atoms with E-state index in [4.69, 9.17) is 0 Å². The topological polar surface area (TPSA) is 109 Å². The molecule has 2 aromatic rings. The van der Waals surface area contributed by atoms with E-state index in [1.54, 1.807) is 12.1 Å². The monoisotopic (exact) mass is 312 g/mol. The summed E-state index contributed by atoms with van der Waals surface area (Å²) in [7, 11) is 0. The predicted octanol–water partition coefficient (Wildman–Crippen LogP) is 1.91. The van der Waals surface area contributed by atoms with Crippen molar-refractivity contribution >= 4 is 23.5 Å². The van der Waals surface area contributed by atoms with Crippen LogP contribution in [-0.2, 0) is 9.59 Å². The normalized spacial score (nSPS) is 10.8. The summed E-state index contributed by atoms with van der Waals surface area (Å²) >= 11 is 0. The Morgan fingerprint density at radius 3 is 1.17 bits per heavy atom. The molecule has 0 bridgehead atoms. The molecule has 116 valence electrons. The fraction of sp³-hybridized carbons (Fsp3) is 0.0588. The first-order valence-corrected chi connectivity index (χ1v) is 6.59. The Kier molecular flexibility index (Phi) is 4.36. The van der Waals surface area contributed by atoms with Gasteiger partial charge in [0.05, 0.1) is 0 Å². The van der Waals surface area contributed by atoms with Gasteiger partial charge in [0, 0.05) is 11.1 Å². The van der Waals surface area contributed by atoms with Crippen molar-refractivity contribution in [2.24, 2.45) is 5.41 Å². The van der Waals surface area contributed by atoms with Gasteiger partial charge in [0.2, 0.25) is 0 Å². The Morgan fingerprint density at radius 1 is 0.609 bits per heavy atom. The van der Waals surface area contributed by atoms with Crippen LogP contribution in [0.25, 0.3) is 0 Å². The average Bonchev–Trinajstić information content (AvgIpc) is 2.56. The Morgan fingerprint density at radius 2 is 0.913 bits per heavy atom. The fourth-order valence-electron chi connectivity index (χ4n) is 2.20. The largest absolute Gasteiger partial charge is 0.480 e. The number of hydrogen-bond acceptors (Lipinski definition) is 4. The van der Waals surface area contributed by atoms with Crippen LogP contribution >= 0.6 is 0 Å². The van der Waals surface area contributed by atoms with E-state index < -0.39 is 28.9 Å². The van der Waals surface area contributed by atoms with E-state index in [1.807, 2.05) is 0 Å². The molecule has 0 aromatic heterocycles. The summed E-state index contributed by atoms with van der Waals surface area (Å²) in [5.74, 6) is -6.61. The van der Waals surface area contributed by atoms with Gasteiger partial charge in [-0.25, -0.2) is 9.59 Å². The molecule has 6 nitrogen and oxygen atoms in total. The van der Waals surface area contributed by atoms with Crippen molar-refractivity contribution in [1.29, 1.82) is 0 Å². The number of ketones is 2. The lowest BCUT2D eigenvalue weighted by atomic mass is 9.74. The highest BCUT2D eigenvalue weighted by molar-refractivity contribution is 6.41. The standard InChI is InChI=1S/C17H12O6/c18-13(11-7-3-1-4-8-11)17(15(20)21,16(22)23)14(19)12-9-5-2-6-10-12/h1-10H,(H,20,21)(H,22,23). The Labute approximate surface area is 131 Å². The van der Waals surface area contributed by atoms with Crippen molar-refractivity contribution in [1.82, 2.24) is 0 Å². The van der Waals surface area contributed by atoms with Gasteiger partial charge in [0.15, 0.2) is 11.6 Å². The van der Waals surface area contributed by atoms with Crippen LogP contribution in [-0.4, -0.2) is 33.7 Å². The van der Waals surface area contributed by atoms with Gasteiger partial charge in [0.25, 0.3) is 5.41 Å². The minimum Gasteiger partial charge on any atom is -0.480 e. The molecule has 0 aliphatic heterocycles. The third-order valence-corrected chi connectivity index (χ3v) is 3.39. The summed E-state index contributed by atoms with van der Waals surface area (Å²) < 4.78 is 0. The van der Waals surface area contributed by atoms with E-state index in [-0.39, 0.29) is 11.1 Å². The highest BCUT2D eigenvalue weighted by Crippen LogP contribution is 2.29. The second-order valence-electron chi connectivity index (χ2n) is 4.75.